The maximum atomic E-state index is 13.4. The number of nitrogens with one attached hydrogen (secondary N) is 1. The third-order valence-corrected chi connectivity index (χ3v) is 6.10. The van der Waals surface area contributed by atoms with Gasteiger partial charge in [0.2, 0.25) is 5.91 Å². The van der Waals surface area contributed by atoms with Crippen LogP contribution in [0.3, 0.4) is 0 Å². The first-order valence-electron chi connectivity index (χ1n) is 9.42. The van der Waals surface area contributed by atoms with Gasteiger partial charge in [-0.25, -0.2) is 0 Å². The van der Waals surface area contributed by atoms with Crippen LogP contribution in [-0.2, 0) is 4.79 Å². The van der Waals surface area contributed by atoms with Crippen molar-refractivity contribution in [3.05, 3.63) is 53.8 Å². The molecular formula is C22H22N2O5S. The van der Waals surface area contributed by atoms with Crippen LogP contribution in [0.4, 0.5) is 5.69 Å². The molecule has 1 saturated heterocycles. The van der Waals surface area contributed by atoms with Gasteiger partial charge in [0.15, 0.2) is 0 Å². The van der Waals surface area contributed by atoms with E-state index in [0.717, 1.165) is 0 Å². The second-order valence-electron chi connectivity index (χ2n) is 6.90. The number of anilines is 1. The molecule has 1 fully saturated rings. The van der Waals surface area contributed by atoms with Crippen LogP contribution < -0.4 is 14.8 Å². The SMILES string of the molecule is COc1ccc(NC(=O)C2CSCN2C(=O)c2c(C)oc3ccc(OC)cc23)cc1. The van der Waals surface area contributed by atoms with E-state index in [9.17, 15) is 9.59 Å². The van der Waals surface area contributed by atoms with Crippen LogP contribution in [0, 0.1) is 6.92 Å². The Balaban J connectivity index is 1.58. The number of carbonyl (C=O) groups excluding carboxylic acids is 2. The lowest BCUT2D eigenvalue weighted by Gasteiger charge is -2.23. The van der Waals surface area contributed by atoms with Crippen molar-refractivity contribution in [2.24, 2.45) is 0 Å². The number of nitrogens with zero attached hydrogens (tertiary/aromatic N) is 1. The summed E-state index contributed by atoms with van der Waals surface area (Å²) in [5.74, 6) is 2.40. The summed E-state index contributed by atoms with van der Waals surface area (Å²) >= 11 is 1.55. The first-order chi connectivity index (χ1) is 14.5. The average molecular weight is 426 g/mol. The van der Waals surface area contributed by atoms with Gasteiger partial charge in [-0.2, -0.15) is 0 Å². The molecule has 4 rings (SSSR count). The van der Waals surface area contributed by atoms with Crippen LogP contribution in [0.25, 0.3) is 11.0 Å². The third-order valence-electron chi connectivity index (χ3n) is 5.09. The molecule has 0 aliphatic carbocycles. The normalized spacial score (nSPS) is 16.0. The Morgan fingerprint density at radius 3 is 2.50 bits per heavy atom. The number of benzene rings is 2. The predicted octanol–water partition coefficient (Wildman–Crippen LogP) is 3.91. The first-order valence-corrected chi connectivity index (χ1v) is 10.6. The minimum Gasteiger partial charge on any atom is -0.497 e. The van der Waals surface area contributed by atoms with Gasteiger partial charge in [-0.3, -0.25) is 9.59 Å². The van der Waals surface area contributed by atoms with Crippen LogP contribution in [0.2, 0.25) is 0 Å². The fraction of sp³-hybridized carbons (Fsp3) is 0.273. The molecule has 156 valence electrons. The van der Waals surface area contributed by atoms with E-state index in [1.54, 1.807) is 80.3 Å². The quantitative estimate of drug-likeness (QED) is 0.666. The molecule has 8 heteroatoms. The fourth-order valence-electron chi connectivity index (χ4n) is 3.50. The number of amides is 2. The van der Waals surface area contributed by atoms with Crippen molar-refractivity contribution in [1.29, 1.82) is 0 Å². The molecule has 2 amide bonds. The van der Waals surface area contributed by atoms with E-state index >= 15 is 0 Å². The van der Waals surface area contributed by atoms with Gasteiger partial charge < -0.3 is 24.1 Å². The Morgan fingerprint density at radius 1 is 1.10 bits per heavy atom. The van der Waals surface area contributed by atoms with Gasteiger partial charge in [-0.05, 0) is 49.4 Å². The van der Waals surface area contributed by atoms with Crippen molar-refractivity contribution in [2.75, 3.05) is 31.2 Å². The highest BCUT2D eigenvalue weighted by molar-refractivity contribution is 7.99. The highest BCUT2D eigenvalue weighted by Crippen LogP contribution is 2.32. The number of aryl methyl sites for hydroxylation is 1. The molecule has 2 aromatic carbocycles. The fourth-order valence-corrected chi connectivity index (χ4v) is 4.65. The van der Waals surface area contributed by atoms with Crippen molar-refractivity contribution in [3.8, 4) is 11.5 Å². The molecule has 0 radical (unpaired) electrons. The molecule has 0 spiro atoms. The van der Waals surface area contributed by atoms with Gasteiger partial charge in [0, 0.05) is 16.8 Å². The van der Waals surface area contributed by atoms with Crippen LogP contribution in [0.15, 0.2) is 46.9 Å². The highest BCUT2D eigenvalue weighted by atomic mass is 32.2. The zero-order chi connectivity index (χ0) is 21.3. The van der Waals surface area contributed by atoms with Crippen molar-refractivity contribution >= 4 is 40.2 Å². The Bertz CT molecular complexity index is 1090. The second kappa shape index (κ2) is 8.31. The van der Waals surface area contributed by atoms with Gasteiger partial charge in [0.1, 0.15) is 28.9 Å². The smallest absolute Gasteiger partial charge is 0.259 e. The molecule has 1 aliphatic heterocycles. The Hall–Kier alpha value is -3.13. The average Bonchev–Trinajstić information content (AvgIpc) is 3.37. The largest absolute Gasteiger partial charge is 0.497 e. The van der Waals surface area contributed by atoms with E-state index in [0.29, 0.717) is 51.1 Å². The van der Waals surface area contributed by atoms with E-state index in [2.05, 4.69) is 5.32 Å². The number of ether oxygens (including phenoxy) is 2. The molecule has 1 N–H and O–H groups in total. The van der Waals surface area contributed by atoms with Gasteiger partial charge >= 0.3 is 0 Å². The first kappa shape index (κ1) is 20.2. The number of rotatable bonds is 5. The van der Waals surface area contributed by atoms with E-state index in [4.69, 9.17) is 13.9 Å². The number of fused-ring (bicyclic) bond motifs is 1. The maximum absolute atomic E-state index is 13.4. The van der Waals surface area contributed by atoms with Gasteiger partial charge in [0.25, 0.3) is 5.91 Å². The van der Waals surface area contributed by atoms with Gasteiger partial charge in [-0.1, -0.05) is 0 Å². The number of methoxy groups -OCH3 is 2. The molecule has 1 atom stereocenters. The minimum absolute atomic E-state index is 0.221. The lowest BCUT2D eigenvalue weighted by Crippen LogP contribution is -2.44. The maximum Gasteiger partial charge on any atom is 0.259 e. The Labute approximate surface area is 178 Å². The van der Waals surface area contributed by atoms with Crippen molar-refractivity contribution < 1.29 is 23.5 Å². The third kappa shape index (κ3) is 3.70. The molecule has 0 saturated carbocycles. The monoisotopic (exact) mass is 426 g/mol. The molecule has 30 heavy (non-hydrogen) atoms. The summed E-state index contributed by atoms with van der Waals surface area (Å²) in [5, 5.41) is 3.57. The van der Waals surface area contributed by atoms with Crippen LogP contribution in [-0.4, -0.2) is 48.6 Å². The lowest BCUT2D eigenvalue weighted by molar-refractivity contribution is -0.119. The summed E-state index contributed by atoms with van der Waals surface area (Å²) in [6.07, 6.45) is 0. The van der Waals surface area contributed by atoms with E-state index in [1.807, 2.05) is 0 Å². The molecule has 1 aromatic heterocycles. The Morgan fingerprint density at radius 2 is 1.80 bits per heavy atom. The summed E-state index contributed by atoms with van der Waals surface area (Å²) in [7, 11) is 3.16. The number of hydrogen-bond donors (Lipinski definition) is 1. The summed E-state index contributed by atoms with van der Waals surface area (Å²) in [5.41, 5.74) is 1.73. The van der Waals surface area contributed by atoms with Crippen LogP contribution >= 0.6 is 11.8 Å². The number of hydrogen-bond acceptors (Lipinski definition) is 6. The van der Waals surface area contributed by atoms with Gasteiger partial charge in [-0.15, -0.1) is 11.8 Å². The molecule has 3 aromatic rings. The predicted molar refractivity (Wildman–Crippen MR) is 116 cm³/mol. The van der Waals surface area contributed by atoms with Crippen LogP contribution in [0.5, 0.6) is 11.5 Å². The molecule has 2 heterocycles. The number of thioether (sulfide) groups is 1. The minimum atomic E-state index is -0.570. The standard InChI is InChI=1S/C22H22N2O5S/c1-13-20(17-10-16(28-3)8-9-19(17)29-13)22(26)24-12-30-11-18(24)21(25)23-14-4-6-15(27-2)7-5-14/h4-10,18H,11-12H2,1-3H3,(H,23,25). The molecule has 1 unspecified atom stereocenters. The number of furan rings is 1. The number of carbonyl (C=O) groups is 2. The van der Waals surface area contributed by atoms with E-state index in [-0.39, 0.29) is 11.8 Å². The topological polar surface area (TPSA) is 81.0 Å². The molecule has 1 aliphatic rings. The lowest BCUT2D eigenvalue weighted by atomic mass is 10.1. The van der Waals surface area contributed by atoms with E-state index in [1.165, 1.54) is 0 Å². The van der Waals surface area contributed by atoms with Gasteiger partial charge in [0.05, 0.1) is 25.7 Å². The summed E-state index contributed by atoms with van der Waals surface area (Å²) < 4.78 is 16.2. The van der Waals surface area contributed by atoms with E-state index < -0.39 is 6.04 Å². The molecule has 7 nitrogen and oxygen atoms in total. The highest BCUT2D eigenvalue weighted by Gasteiger charge is 2.37. The van der Waals surface area contributed by atoms with Crippen molar-refractivity contribution in [1.82, 2.24) is 4.90 Å². The van der Waals surface area contributed by atoms with Crippen molar-refractivity contribution in [2.45, 2.75) is 13.0 Å². The summed E-state index contributed by atoms with van der Waals surface area (Å²) in [6, 6.07) is 11.9. The summed E-state index contributed by atoms with van der Waals surface area (Å²) in [6.45, 7) is 1.76. The molecular weight excluding hydrogens is 404 g/mol. The summed E-state index contributed by atoms with van der Waals surface area (Å²) in [4.78, 5) is 27.9. The Kier molecular flexibility index (Phi) is 5.59. The zero-order valence-corrected chi connectivity index (χ0v) is 17.7. The van der Waals surface area contributed by atoms with Crippen molar-refractivity contribution in [3.63, 3.8) is 0 Å². The molecule has 0 bridgehead atoms. The van der Waals surface area contributed by atoms with Crippen LogP contribution in [0.1, 0.15) is 16.1 Å². The second-order valence-corrected chi connectivity index (χ2v) is 7.90. The zero-order valence-electron chi connectivity index (χ0n) is 16.9.